The van der Waals surface area contributed by atoms with Crippen molar-refractivity contribution in [3.05, 3.63) is 11.6 Å². The van der Waals surface area contributed by atoms with Gasteiger partial charge in [0.1, 0.15) is 11.9 Å². The average Bonchev–Trinajstić information content (AvgIpc) is 3.11. The van der Waals surface area contributed by atoms with Crippen molar-refractivity contribution in [3.8, 4) is 0 Å². The molecule has 33 heavy (non-hydrogen) atoms. The van der Waals surface area contributed by atoms with Crippen molar-refractivity contribution in [3.63, 3.8) is 0 Å². The van der Waals surface area contributed by atoms with E-state index in [4.69, 9.17) is 4.74 Å². The summed E-state index contributed by atoms with van der Waals surface area (Å²) in [5, 5.41) is 0. The van der Waals surface area contributed by atoms with E-state index >= 15 is 0 Å². The van der Waals surface area contributed by atoms with Crippen LogP contribution in [0.25, 0.3) is 0 Å². The Morgan fingerprint density at radius 1 is 1.09 bits per heavy atom. The van der Waals surface area contributed by atoms with E-state index in [0.717, 1.165) is 38.5 Å². The highest BCUT2D eigenvalue weighted by molar-refractivity contribution is 5.91. The first-order chi connectivity index (χ1) is 15.5. The number of hydrogen-bond acceptors (Lipinski definition) is 4. The second-order valence-corrected chi connectivity index (χ2v) is 12.5. The first kappa shape index (κ1) is 24.7. The monoisotopic (exact) mass is 456 g/mol. The molecule has 0 bridgehead atoms. The van der Waals surface area contributed by atoms with Gasteiger partial charge < -0.3 is 4.74 Å². The molecule has 0 saturated heterocycles. The summed E-state index contributed by atoms with van der Waals surface area (Å²) >= 11 is 0. The van der Waals surface area contributed by atoms with E-state index < -0.39 is 0 Å². The normalized spacial score (nSPS) is 41.0. The number of ether oxygens (including phenoxy) is 1. The van der Waals surface area contributed by atoms with Gasteiger partial charge in [-0.05, 0) is 86.0 Å². The lowest BCUT2D eigenvalue weighted by Gasteiger charge is -2.60. The van der Waals surface area contributed by atoms with E-state index in [1.165, 1.54) is 12.0 Å². The van der Waals surface area contributed by atoms with Crippen LogP contribution in [0.15, 0.2) is 11.6 Å². The third kappa shape index (κ3) is 4.14. The highest BCUT2D eigenvalue weighted by Crippen LogP contribution is 2.68. The number of carbonyl (C=O) groups is 3. The number of carbonyl (C=O) groups excluding carboxylic acids is 3. The van der Waals surface area contributed by atoms with E-state index in [1.54, 1.807) is 6.92 Å². The number of rotatable bonds is 6. The van der Waals surface area contributed by atoms with Crippen molar-refractivity contribution >= 4 is 17.5 Å². The molecule has 0 aromatic carbocycles. The molecule has 4 rings (SSSR count). The average molecular weight is 457 g/mol. The van der Waals surface area contributed by atoms with Crippen molar-refractivity contribution in [1.29, 1.82) is 0 Å². The van der Waals surface area contributed by atoms with Crippen molar-refractivity contribution in [2.24, 2.45) is 46.3 Å². The smallest absolute Gasteiger partial charge is 0.302 e. The molecule has 0 radical (unpaired) electrons. The van der Waals surface area contributed by atoms with Gasteiger partial charge in [0.25, 0.3) is 0 Å². The molecule has 8 atom stereocenters. The Morgan fingerprint density at radius 3 is 2.48 bits per heavy atom. The molecule has 8 unspecified atom stereocenters. The number of fused-ring (bicyclic) bond motifs is 5. The van der Waals surface area contributed by atoms with Crippen LogP contribution in [0.4, 0.5) is 0 Å². The number of ketones is 2. The summed E-state index contributed by atoms with van der Waals surface area (Å²) in [6.07, 6.45) is 10.5. The zero-order valence-corrected chi connectivity index (χ0v) is 21.6. The number of allylic oxidation sites excluding steroid dienone is 1. The summed E-state index contributed by atoms with van der Waals surface area (Å²) in [6.45, 7) is 12.6. The predicted molar refractivity (Wildman–Crippen MR) is 129 cm³/mol. The Kier molecular flexibility index (Phi) is 6.70. The van der Waals surface area contributed by atoms with Gasteiger partial charge >= 0.3 is 5.97 Å². The van der Waals surface area contributed by atoms with Gasteiger partial charge in [0.05, 0.1) is 0 Å². The zero-order chi connectivity index (χ0) is 24.1. The summed E-state index contributed by atoms with van der Waals surface area (Å²) in [6, 6.07) is 0. The standard InChI is InChI=1S/C29H44O4/c1-17(2)26(32)12-7-18(3)23-10-11-24-22-9-8-20-15-21(31)13-14-28(20,5)25(22)16-27(29(23,24)6)33-19(4)30/h15,17-18,22-25,27H,7-14,16H2,1-6H3. The summed E-state index contributed by atoms with van der Waals surface area (Å²) in [5.74, 6) is 3.13. The van der Waals surface area contributed by atoms with Gasteiger partial charge in [-0.1, -0.05) is 40.2 Å². The quantitative estimate of drug-likeness (QED) is 0.439. The minimum atomic E-state index is -0.178. The van der Waals surface area contributed by atoms with Crippen LogP contribution in [0.1, 0.15) is 99.3 Å². The molecule has 184 valence electrons. The Morgan fingerprint density at radius 2 is 1.82 bits per heavy atom. The molecule has 0 N–H and O–H groups in total. The van der Waals surface area contributed by atoms with Gasteiger partial charge in [-0.25, -0.2) is 0 Å². The third-order valence-electron chi connectivity index (χ3n) is 10.6. The Labute approximate surface area is 200 Å². The van der Waals surface area contributed by atoms with Gasteiger partial charge in [0.15, 0.2) is 5.78 Å². The van der Waals surface area contributed by atoms with Crippen molar-refractivity contribution in [2.75, 3.05) is 0 Å². The Balaban J connectivity index is 1.63. The molecule has 4 heteroatoms. The summed E-state index contributed by atoms with van der Waals surface area (Å²) in [5.41, 5.74) is 1.37. The highest BCUT2D eigenvalue weighted by atomic mass is 16.5. The van der Waals surface area contributed by atoms with Crippen LogP contribution in [0, 0.1) is 46.3 Å². The van der Waals surface area contributed by atoms with Gasteiger partial charge in [-0.2, -0.15) is 0 Å². The van der Waals surface area contributed by atoms with E-state index in [9.17, 15) is 14.4 Å². The fourth-order valence-corrected chi connectivity index (χ4v) is 8.69. The van der Waals surface area contributed by atoms with Gasteiger partial charge in [-0.3, -0.25) is 14.4 Å². The fraction of sp³-hybridized carbons (Fsp3) is 0.828. The van der Waals surface area contributed by atoms with Crippen molar-refractivity contribution < 1.29 is 19.1 Å². The number of esters is 1. The largest absolute Gasteiger partial charge is 0.462 e. The summed E-state index contributed by atoms with van der Waals surface area (Å²) < 4.78 is 6.15. The zero-order valence-electron chi connectivity index (χ0n) is 21.6. The second kappa shape index (κ2) is 8.96. The maximum atomic E-state index is 12.3. The van der Waals surface area contributed by atoms with Gasteiger partial charge in [0, 0.05) is 31.1 Å². The molecule has 0 aliphatic heterocycles. The SMILES string of the molecule is CC(=O)OC1CC2C(CCC3=CC(=O)CCC32C)C2CCC(C(C)CCC(=O)C(C)C)C12C. The first-order valence-corrected chi connectivity index (χ1v) is 13.4. The van der Waals surface area contributed by atoms with E-state index in [2.05, 4.69) is 20.8 Å². The molecule has 4 nitrogen and oxygen atoms in total. The maximum absolute atomic E-state index is 12.3. The van der Waals surface area contributed by atoms with Crippen molar-refractivity contribution in [1.82, 2.24) is 0 Å². The molecule has 0 heterocycles. The van der Waals surface area contributed by atoms with Crippen LogP contribution in [0.3, 0.4) is 0 Å². The lowest BCUT2D eigenvalue weighted by Crippen LogP contribution is -2.57. The van der Waals surface area contributed by atoms with E-state index in [0.29, 0.717) is 48.2 Å². The van der Waals surface area contributed by atoms with Crippen LogP contribution in [-0.2, 0) is 19.1 Å². The maximum Gasteiger partial charge on any atom is 0.302 e. The van der Waals surface area contributed by atoms with Crippen LogP contribution < -0.4 is 0 Å². The Bertz CT molecular complexity index is 841. The summed E-state index contributed by atoms with van der Waals surface area (Å²) in [4.78, 5) is 36.7. The first-order valence-electron chi connectivity index (χ1n) is 13.4. The predicted octanol–water partition coefficient (Wildman–Crippen LogP) is 6.32. The topological polar surface area (TPSA) is 60.4 Å². The lowest BCUT2D eigenvalue weighted by atomic mass is 9.45. The molecule has 3 saturated carbocycles. The van der Waals surface area contributed by atoms with Gasteiger partial charge in [-0.15, -0.1) is 0 Å². The summed E-state index contributed by atoms with van der Waals surface area (Å²) in [7, 11) is 0. The molecule has 3 fully saturated rings. The molecular formula is C29H44O4. The molecule has 0 amide bonds. The van der Waals surface area contributed by atoms with Crippen LogP contribution in [-0.4, -0.2) is 23.6 Å². The minimum Gasteiger partial charge on any atom is -0.462 e. The molecule has 0 spiro atoms. The molecule has 0 aromatic heterocycles. The lowest BCUT2D eigenvalue weighted by molar-refractivity contribution is -0.181. The van der Waals surface area contributed by atoms with E-state index in [1.807, 2.05) is 19.9 Å². The number of Topliss-reactive ketones (excluding diaryl/α,β-unsaturated/α-hetero) is 1. The van der Waals surface area contributed by atoms with Crippen LogP contribution in [0.2, 0.25) is 0 Å². The van der Waals surface area contributed by atoms with E-state index in [-0.39, 0.29) is 34.6 Å². The molecular weight excluding hydrogens is 412 g/mol. The highest BCUT2D eigenvalue weighted by Gasteiger charge is 2.64. The second-order valence-electron chi connectivity index (χ2n) is 12.5. The fourth-order valence-electron chi connectivity index (χ4n) is 8.69. The van der Waals surface area contributed by atoms with Crippen molar-refractivity contribution in [2.45, 2.75) is 105 Å². The van der Waals surface area contributed by atoms with Crippen LogP contribution in [0.5, 0.6) is 0 Å². The molecule has 4 aliphatic rings. The number of hydrogen-bond donors (Lipinski definition) is 0. The van der Waals surface area contributed by atoms with Gasteiger partial charge in [0.2, 0.25) is 0 Å². The molecule has 0 aromatic rings. The van der Waals surface area contributed by atoms with Crippen LogP contribution >= 0.6 is 0 Å². The minimum absolute atomic E-state index is 0.0325. The third-order valence-corrected chi connectivity index (χ3v) is 10.6. The Hall–Kier alpha value is -1.45. The molecule has 4 aliphatic carbocycles.